The van der Waals surface area contributed by atoms with E-state index in [0.29, 0.717) is 11.1 Å². The second kappa shape index (κ2) is 5.33. The van der Waals surface area contributed by atoms with Crippen LogP contribution in [0.5, 0.6) is 0 Å². The van der Waals surface area contributed by atoms with E-state index in [9.17, 15) is 13.6 Å². The highest BCUT2D eigenvalue weighted by atomic mass is 19.1. The highest BCUT2D eigenvalue weighted by Crippen LogP contribution is 2.46. The van der Waals surface area contributed by atoms with Gasteiger partial charge in [-0.15, -0.1) is 0 Å². The minimum absolute atomic E-state index is 0.263. The summed E-state index contributed by atoms with van der Waals surface area (Å²) in [6.45, 7) is 3.98. The van der Waals surface area contributed by atoms with Crippen LogP contribution in [0.1, 0.15) is 31.0 Å². The number of amides is 1. The average Bonchev–Trinajstić information content (AvgIpc) is 2.69. The fraction of sp³-hybridized carbons (Fsp3) is 0.278. The van der Waals surface area contributed by atoms with Gasteiger partial charge < -0.3 is 10.4 Å². The van der Waals surface area contributed by atoms with E-state index in [1.807, 2.05) is 19.9 Å². The Hall–Kier alpha value is -2.43. The molecule has 0 bridgehead atoms. The molecule has 0 heterocycles. The molecule has 2 aromatic rings. The third kappa shape index (κ3) is 2.79. The van der Waals surface area contributed by atoms with E-state index in [-0.39, 0.29) is 11.5 Å². The van der Waals surface area contributed by atoms with Gasteiger partial charge in [0.25, 0.3) is 0 Å². The zero-order chi connectivity index (χ0) is 16.8. The normalized spacial score (nSPS) is 18.5. The summed E-state index contributed by atoms with van der Waals surface area (Å²) in [5.41, 5.74) is 2.53. The topological polar surface area (TPSA) is 49.3 Å². The third-order valence-corrected chi connectivity index (χ3v) is 4.39. The lowest BCUT2D eigenvalue weighted by Gasteiger charge is -2.27. The van der Waals surface area contributed by atoms with Crippen LogP contribution in [0, 0.1) is 17.0 Å². The predicted molar refractivity (Wildman–Crippen MR) is 83.2 cm³/mol. The molecule has 1 amide bonds. The number of hydrogen-bond acceptors (Lipinski definition) is 1. The first-order valence-corrected chi connectivity index (χ1v) is 7.35. The monoisotopic (exact) mass is 317 g/mol. The zero-order valence-corrected chi connectivity index (χ0v) is 12.9. The average molecular weight is 317 g/mol. The lowest BCUT2D eigenvalue weighted by molar-refractivity contribution is 0.175. The van der Waals surface area contributed by atoms with Gasteiger partial charge >= 0.3 is 6.09 Å². The van der Waals surface area contributed by atoms with E-state index in [0.717, 1.165) is 23.6 Å². The molecule has 2 aromatic carbocycles. The van der Waals surface area contributed by atoms with Crippen LogP contribution in [0.25, 0.3) is 11.1 Å². The van der Waals surface area contributed by atoms with E-state index < -0.39 is 17.7 Å². The minimum Gasteiger partial charge on any atom is -0.465 e. The first kappa shape index (κ1) is 15.5. The van der Waals surface area contributed by atoms with Crippen LogP contribution in [0.3, 0.4) is 0 Å². The fourth-order valence-corrected chi connectivity index (χ4v) is 3.33. The van der Waals surface area contributed by atoms with Gasteiger partial charge in [0.05, 0.1) is 6.04 Å². The molecule has 5 heteroatoms. The maximum atomic E-state index is 14.0. The van der Waals surface area contributed by atoms with E-state index in [1.54, 1.807) is 12.1 Å². The van der Waals surface area contributed by atoms with Crippen LogP contribution in [0.4, 0.5) is 13.6 Å². The predicted octanol–water partition coefficient (Wildman–Crippen LogP) is 4.52. The molecule has 0 saturated heterocycles. The molecule has 0 radical (unpaired) electrons. The number of nitrogens with one attached hydrogen (secondary N) is 1. The molecule has 3 nitrogen and oxygen atoms in total. The van der Waals surface area contributed by atoms with E-state index in [1.165, 1.54) is 12.1 Å². The first-order chi connectivity index (χ1) is 10.8. The van der Waals surface area contributed by atoms with Gasteiger partial charge in [0.1, 0.15) is 11.6 Å². The number of fused-ring (bicyclic) bond motifs is 1. The van der Waals surface area contributed by atoms with Gasteiger partial charge in [-0.1, -0.05) is 26.0 Å². The van der Waals surface area contributed by atoms with Gasteiger partial charge in [0, 0.05) is 11.6 Å². The Morgan fingerprint density at radius 3 is 2.61 bits per heavy atom. The molecule has 120 valence electrons. The third-order valence-electron chi connectivity index (χ3n) is 4.39. The molecule has 23 heavy (non-hydrogen) atoms. The second-order valence-corrected chi connectivity index (χ2v) is 6.59. The van der Waals surface area contributed by atoms with Crippen molar-refractivity contribution in [2.45, 2.75) is 26.3 Å². The number of benzene rings is 2. The van der Waals surface area contributed by atoms with Gasteiger partial charge in [-0.3, -0.25) is 0 Å². The van der Waals surface area contributed by atoms with E-state index in [2.05, 4.69) is 5.32 Å². The largest absolute Gasteiger partial charge is 0.465 e. The summed E-state index contributed by atoms with van der Waals surface area (Å²) in [6, 6.07) is 8.56. The first-order valence-electron chi connectivity index (χ1n) is 7.35. The molecule has 0 spiro atoms. The minimum atomic E-state index is -1.09. The van der Waals surface area contributed by atoms with Gasteiger partial charge in [-0.25, -0.2) is 13.6 Å². The van der Waals surface area contributed by atoms with Crippen molar-refractivity contribution in [3.8, 4) is 11.1 Å². The van der Waals surface area contributed by atoms with Crippen molar-refractivity contribution in [3.05, 3.63) is 59.2 Å². The van der Waals surface area contributed by atoms with E-state index >= 15 is 0 Å². The van der Waals surface area contributed by atoms with Gasteiger partial charge in [0.2, 0.25) is 0 Å². The number of carbonyl (C=O) groups is 1. The molecule has 1 unspecified atom stereocenters. The van der Waals surface area contributed by atoms with E-state index in [4.69, 9.17) is 5.11 Å². The number of hydrogen-bond donors (Lipinski definition) is 2. The number of halogens is 2. The molecule has 1 aliphatic carbocycles. The molecule has 0 saturated carbocycles. The number of carboxylic acid groups (broad SMARTS) is 1. The smallest absolute Gasteiger partial charge is 0.405 e. The molecule has 0 aromatic heterocycles. The van der Waals surface area contributed by atoms with Crippen LogP contribution in [-0.4, -0.2) is 11.2 Å². The Kier molecular flexibility index (Phi) is 3.59. The van der Waals surface area contributed by atoms with Crippen LogP contribution in [0.2, 0.25) is 0 Å². The maximum absolute atomic E-state index is 14.0. The molecule has 0 aliphatic heterocycles. The summed E-state index contributed by atoms with van der Waals surface area (Å²) in [5.74, 6) is -1.26. The summed E-state index contributed by atoms with van der Waals surface area (Å²) in [5, 5.41) is 11.6. The Balaban J connectivity index is 2.07. The molecular formula is C18H17F2NO2. The quantitative estimate of drug-likeness (QED) is 0.855. The number of rotatable bonds is 2. The van der Waals surface area contributed by atoms with Crippen molar-refractivity contribution in [2.75, 3.05) is 0 Å². The Labute approximate surface area is 133 Å². The van der Waals surface area contributed by atoms with Gasteiger partial charge in [-0.2, -0.15) is 0 Å². The highest BCUT2D eigenvalue weighted by Gasteiger charge is 2.40. The van der Waals surface area contributed by atoms with Crippen molar-refractivity contribution in [1.29, 1.82) is 0 Å². The Morgan fingerprint density at radius 1 is 1.22 bits per heavy atom. The lowest BCUT2D eigenvalue weighted by atomic mass is 9.85. The summed E-state index contributed by atoms with van der Waals surface area (Å²) < 4.78 is 27.1. The standard InChI is InChI=1S/C18H17F2NO2/c1-18(2)9-11-4-3-10(7-14(11)16(18)21-17(22)23)13-6-5-12(19)8-15(13)20/h3-8,16,21H,9H2,1-2H3,(H,22,23). The van der Waals surface area contributed by atoms with Crippen molar-refractivity contribution >= 4 is 6.09 Å². The van der Waals surface area contributed by atoms with Crippen LogP contribution in [-0.2, 0) is 6.42 Å². The molecule has 1 atom stereocenters. The molecular weight excluding hydrogens is 300 g/mol. The van der Waals surface area contributed by atoms with Crippen LogP contribution < -0.4 is 5.32 Å². The van der Waals surface area contributed by atoms with Crippen molar-refractivity contribution in [3.63, 3.8) is 0 Å². The molecule has 1 aliphatic rings. The maximum Gasteiger partial charge on any atom is 0.405 e. The fourth-order valence-electron chi connectivity index (χ4n) is 3.33. The summed E-state index contributed by atoms with van der Waals surface area (Å²) in [6.07, 6.45) is -0.353. The van der Waals surface area contributed by atoms with Crippen molar-refractivity contribution in [1.82, 2.24) is 5.32 Å². The Morgan fingerprint density at radius 2 is 1.96 bits per heavy atom. The van der Waals surface area contributed by atoms with Crippen molar-refractivity contribution in [2.24, 2.45) is 5.41 Å². The highest BCUT2D eigenvalue weighted by molar-refractivity contribution is 5.69. The summed E-state index contributed by atoms with van der Waals surface area (Å²) >= 11 is 0. The van der Waals surface area contributed by atoms with Gasteiger partial charge in [-0.05, 0) is 46.7 Å². The summed E-state index contributed by atoms with van der Waals surface area (Å²) in [7, 11) is 0. The second-order valence-electron chi connectivity index (χ2n) is 6.59. The molecule has 3 rings (SSSR count). The van der Waals surface area contributed by atoms with Crippen LogP contribution in [0.15, 0.2) is 36.4 Å². The lowest BCUT2D eigenvalue weighted by Crippen LogP contribution is -2.34. The SMILES string of the molecule is CC1(C)Cc2ccc(-c3ccc(F)cc3F)cc2C1NC(=O)O. The van der Waals surface area contributed by atoms with Crippen LogP contribution >= 0.6 is 0 Å². The Bertz CT molecular complexity index is 787. The molecule has 2 N–H and O–H groups in total. The van der Waals surface area contributed by atoms with Crippen molar-refractivity contribution < 1.29 is 18.7 Å². The summed E-state index contributed by atoms with van der Waals surface area (Å²) in [4.78, 5) is 11.1. The zero-order valence-electron chi connectivity index (χ0n) is 12.9. The molecule has 0 fully saturated rings. The van der Waals surface area contributed by atoms with Gasteiger partial charge in [0.15, 0.2) is 0 Å².